The Morgan fingerprint density at radius 2 is 2.06 bits per heavy atom. The van der Waals surface area contributed by atoms with Crippen LogP contribution in [0, 0.1) is 12.8 Å². The topological polar surface area (TPSA) is 122 Å². The number of pyridine rings is 1. The quantitative estimate of drug-likeness (QED) is 0.488. The number of urea groups is 1. The molecule has 1 fully saturated rings. The number of nitrogen functional groups attached to an aromatic ring is 1. The van der Waals surface area contributed by atoms with E-state index >= 15 is 0 Å². The molecule has 3 heterocycles. The number of imide groups is 1. The second-order valence-corrected chi connectivity index (χ2v) is 9.34. The largest absolute Gasteiger partial charge is 0.384 e. The highest BCUT2D eigenvalue weighted by atomic mass is 32.1. The first kappa shape index (κ1) is 24.3. The molecule has 3 atom stereocenters. The van der Waals surface area contributed by atoms with Crippen LogP contribution in [-0.4, -0.2) is 45.8 Å². The maximum Gasteiger partial charge on any atom is 0.325 e. The minimum Gasteiger partial charge on any atom is -0.384 e. The summed E-state index contributed by atoms with van der Waals surface area (Å²) >= 11 is 1.36. The van der Waals surface area contributed by atoms with E-state index in [2.05, 4.69) is 15.3 Å². The van der Waals surface area contributed by atoms with Crippen LogP contribution >= 0.6 is 11.3 Å². The number of β-lactam (4-membered cyclic amide) rings is 1. The van der Waals surface area contributed by atoms with Gasteiger partial charge in [-0.25, -0.2) is 14.8 Å². The van der Waals surface area contributed by atoms with Crippen LogP contribution in [0.15, 0.2) is 53.5 Å². The molecule has 4 amide bonds. The Morgan fingerprint density at radius 3 is 2.71 bits per heavy atom. The molecule has 182 valence electrons. The molecule has 35 heavy (non-hydrogen) atoms. The second kappa shape index (κ2) is 10.2. The van der Waals surface area contributed by atoms with E-state index in [1.54, 1.807) is 36.3 Å². The van der Waals surface area contributed by atoms with Crippen molar-refractivity contribution in [2.24, 2.45) is 5.92 Å². The van der Waals surface area contributed by atoms with Gasteiger partial charge in [-0.1, -0.05) is 36.8 Å². The Balaban J connectivity index is 1.59. The van der Waals surface area contributed by atoms with Gasteiger partial charge in [0.1, 0.15) is 17.7 Å². The summed E-state index contributed by atoms with van der Waals surface area (Å²) in [5.41, 5.74) is 10.2. The number of amides is 4. The average Bonchev–Trinajstić information content (AvgIpc) is 3.38. The molecular weight excluding hydrogens is 464 g/mol. The van der Waals surface area contributed by atoms with E-state index in [4.69, 9.17) is 5.73 Å². The van der Waals surface area contributed by atoms with Gasteiger partial charge >= 0.3 is 6.03 Å². The predicted octanol–water partition coefficient (Wildman–Crippen LogP) is 3.32. The number of thiazole rings is 1. The van der Waals surface area contributed by atoms with Crippen LogP contribution in [0.3, 0.4) is 0 Å². The SMILES string of the molecule is CC[C@@H](NC(=O)N1C(=O)[C@H](Cc2ccnc(N)c2)[C@H]1C(=O)N(C)c1cscn1)c1cccc(C)c1. The maximum atomic E-state index is 13.5. The molecule has 2 aromatic heterocycles. The van der Waals surface area contributed by atoms with E-state index < -0.39 is 23.9 Å². The number of likely N-dealkylation sites (N-methyl/N-ethyl adjacent to an activating group) is 1. The van der Waals surface area contributed by atoms with E-state index in [1.807, 2.05) is 38.1 Å². The highest BCUT2D eigenvalue weighted by Crippen LogP contribution is 2.33. The fourth-order valence-corrected chi connectivity index (χ4v) is 4.91. The van der Waals surface area contributed by atoms with E-state index in [0.29, 0.717) is 18.1 Å². The summed E-state index contributed by atoms with van der Waals surface area (Å²) in [5, 5.41) is 4.69. The molecule has 0 aliphatic carbocycles. The Hall–Kier alpha value is -3.79. The van der Waals surface area contributed by atoms with Crippen LogP contribution in [-0.2, 0) is 16.0 Å². The van der Waals surface area contributed by atoms with Gasteiger partial charge in [0.25, 0.3) is 5.91 Å². The Labute approximate surface area is 208 Å². The lowest BCUT2D eigenvalue weighted by molar-refractivity contribution is -0.156. The molecule has 1 aromatic carbocycles. The number of rotatable bonds is 7. The first-order chi connectivity index (χ1) is 16.8. The fourth-order valence-electron chi connectivity index (χ4n) is 4.34. The van der Waals surface area contributed by atoms with Crippen molar-refractivity contribution in [3.05, 3.63) is 70.2 Å². The molecular formula is C25H28N6O3S. The molecule has 1 saturated heterocycles. The highest BCUT2D eigenvalue weighted by molar-refractivity contribution is 7.07. The van der Waals surface area contributed by atoms with Crippen LogP contribution < -0.4 is 16.0 Å². The van der Waals surface area contributed by atoms with Crippen molar-refractivity contribution >= 4 is 40.8 Å². The number of aromatic nitrogens is 2. The number of carbonyl (C=O) groups excluding carboxylic acids is 3. The number of nitrogens with one attached hydrogen (secondary N) is 1. The zero-order valence-corrected chi connectivity index (χ0v) is 20.7. The highest BCUT2D eigenvalue weighted by Gasteiger charge is 2.55. The normalized spacial score (nSPS) is 18.0. The number of anilines is 2. The zero-order valence-electron chi connectivity index (χ0n) is 19.8. The molecule has 0 saturated carbocycles. The molecule has 1 aliphatic heterocycles. The van der Waals surface area contributed by atoms with Gasteiger partial charge in [0, 0.05) is 18.6 Å². The first-order valence-electron chi connectivity index (χ1n) is 11.4. The van der Waals surface area contributed by atoms with Crippen LogP contribution in [0.1, 0.15) is 36.1 Å². The second-order valence-electron chi connectivity index (χ2n) is 8.62. The van der Waals surface area contributed by atoms with Crippen molar-refractivity contribution in [3.8, 4) is 0 Å². The van der Waals surface area contributed by atoms with Crippen LogP contribution in [0.4, 0.5) is 16.4 Å². The number of carbonyl (C=O) groups is 3. The van der Waals surface area contributed by atoms with Gasteiger partial charge in [0.15, 0.2) is 0 Å². The van der Waals surface area contributed by atoms with Crippen molar-refractivity contribution < 1.29 is 14.4 Å². The molecule has 4 rings (SSSR count). The standard InChI is InChI=1S/C25H28N6O3S/c1-4-19(17-7-5-6-15(2)10-17)29-25(34)31-22(24(33)30(3)21-13-35-14-28-21)18(23(31)32)11-16-8-9-27-20(26)12-16/h5-10,12-14,18-19,22H,4,11H2,1-3H3,(H2,26,27)(H,29,34)/t18-,19-,22+/m1/s1. The third kappa shape index (κ3) is 5.02. The van der Waals surface area contributed by atoms with Crippen molar-refractivity contribution in [1.82, 2.24) is 20.2 Å². The fraction of sp³-hybridized carbons (Fsp3) is 0.320. The van der Waals surface area contributed by atoms with E-state index in [9.17, 15) is 14.4 Å². The summed E-state index contributed by atoms with van der Waals surface area (Å²) < 4.78 is 0. The number of likely N-dealkylation sites (tertiary alicyclic amines) is 1. The summed E-state index contributed by atoms with van der Waals surface area (Å²) in [6.45, 7) is 3.94. The average molecular weight is 493 g/mol. The van der Waals surface area contributed by atoms with Gasteiger partial charge in [-0.15, -0.1) is 11.3 Å². The molecule has 0 unspecified atom stereocenters. The lowest BCUT2D eigenvalue weighted by Crippen LogP contribution is -2.70. The Kier molecular flexibility index (Phi) is 7.11. The van der Waals surface area contributed by atoms with Gasteiger partial charge in [0.2, 0.25) is 5.91 Å². The third-order valence-electron chi connectivity index (χ3n) is 6.23. The number of nitrogens with two attached hydrogens (primary N) is 1. The van der Waals surface area contributed by atoms with Crippen LogP contribution in [0.25, 0.3) is 0 Å². The van der Waals surface area contributed by atoms with Crippen molar-refractivity contribution in [2.75, 3.05) is 17.7 Å². The molecule has 1 aliphatic rings. The van der Waals surface area contributed by atoms with Crippen LogP contribution in [0.2, 0.25) is 0 Å². The lowest BCUT2D eigenvalue weighted by Gasteiger charge is -2.45. The number of aryl methyl sites for hydroxylation is 1. The van der Waals surface area contributed by atoms with Gasteiger partial charge in [0.05, 0.1) is 17.5 Å². The Morgan fingerprint density at radius 1 is 1.26 bits per heavy atom. The monoisotopic (exact) mass is 492 g/mol. The molecule has 0 bridgehead atoms. The molecule has 0 spiro atoms. The number of hydrogen-bond donors (Lipinski definition) is 2. The summed E-state index contributed by atoms with van der Waals surface area (Å²) in [6.07, 6.45) is 2.46. The smallest absolute Gasteiger partial charge is 0.325 e. The van der Waals surface area contributed by atoms with E-state index in [-0.39, 0.29) is 18.4 Å². The lowest BCUT2D eigenvalue weighted by atomic mass is 9.81. The van der Waals surface area contributed by atoms with Crippen molar-refractivity contribution in [2.45, 2.75) is 38.8 Å². The predicted molar refractivity (Wildman–Crippen MR) is 135 cm³/mol. The Bertz CT molecular complexity index is 1230. The summed E-state index contributed by atoms with van der Waals surface area (Å²) in [4.78, 5) is 50.6. The number of hydrogen-bond acceptors (Lipinski definition) is 7. The van der Waals surface area contributed by atoms with Crippen molar-refractivity contribution in [3.63, 3.8) is 0 Å². The number of nitrogens with zero attached hydrogens (tertiary/aromatic N) is 4. The van der Waals surface area contributed by atoms with E-state index in [0.717, 1.165) is 21.6 Å². The first-order valence-corrected chi connectivity index (χ1v) is 12.3. The van der Waals surface area contributed by atoms with Gasteiger partial charge in [-0.05, 0) is 43.0 Å². The van der Waals surface area contributed by atoms with E-state index in [1.165, 1.54) is 16.2 Å². The molecule has 0 radical (unpaired) electrons. The zero-order chi connectivity index (χ0) is 25.1. The summed E-state index contributed by atoms with van der Waals surface area (Å²) in [5.74, 6) is -0.674. The van der Waals surface area contributed by atoms with Crippen LogP contribution in [0.5, 0.6) is 0 Å². The third-order valence-corrected chi connectivity index (χ3v) is 6.80. The van der Waals surface area contributed by atoms with Gasteiger partial charge in [-0.2, -0.15) is 0 Å². The minimum absolute atomic E-state index is 0.270. The number of benzene rings is 1. The molecule has 9 nitrogen and oxygen atoms in total. The minimum atomic E-state index is -0.960. The van der Waals surface area contributed by atoms with Crippen molar-refractivity contribution in [1.29, 1.82) is 0 Å². The molecule has 3 aromatic rings. The van der Waals surface area contributed by atoms with Gasteiger partial charge in [-0.3, -0.25) is 19.4 Å². The maximum absolute atomic E-state index is 13.5. The van der Waals surface area contributed by atoms with Gasteiger partial charge < -0.3 is 11.1 Å². The summed E-state index contributed by atoms with van der Waals surface area (Å²) in [6, 6.07) is 9.45. The molecule has 3 N–H and O–H groups in total. The molecule has 10 heteroatoms. The summed E-state index contributed by atoms with van der Waals surface area (Å²) in [7, 11) is 1.60.